The average Bonchev–Trinajstić information content (AvgIpc) is 2.22. The van der Waals surface area contributed by atoms with E-state index in [1.165, 1.54) is 12.0 Å². The summed E-state index contributed by atoms with van der Waals surface area (Å²) >= 11 is 0. The van der Waals surface area contributed by atoms with Gasteiger partial charge in [-0.2, -0.15) is 0 Å². The zero-order chi connectivity index (χ0) is 5.28. The molecule has 0 aromatic carbocycles. The van der Waals surface area contributed by atoms with Crippen molar-refractivity contribution in [3.05, 3.63) is 23.6 Å². The van der Waals surface area contributed by atoms with Crippen molar-refractivity contribution in [3.63, 3.8) is 0 Å². The van der Waals surface area contributed by atoms with Crippen LogP contribution in [0.2, 0.25) is 0 Å². The van der Waals surface area contributed by atoms with E-state index in [0.29, 0.717) is 0 Å². The van der Waals surface area contributed by atoms with Crippen LogP contribution < -0.4 is 0 Å². The third-order valence-electron chi connectivity index (χ3n) is 1.21. The summed E-state index contributed by atoms with van der Waals surface area (Å²) in [5.41, 5.74) is 6.92. The van der Waals surface area contributed by atoms with Crippen LogP contribution in [0.5, 0.6) is 0 Å². The molecule has 1 atom stereocenters. The Balaban J connectivity index is 2.79. The fraction of sp³-hybridized carbons (Fsp3) is 0.429. The molecule has 0 aliphatic heterocycles. The van der Waals surface area contributed by atoms with E-state index in [-0.39, 0.29) is 0 Å². The minimum Gasteiger partial charge on any atom is -0.0782 e. The average molecular weight is 92.1 g/mol. The number of allylic oxidation sites excluding steroid dienone is 1. The normalized spacial score (nSPS) is 25.9. The van der Waals surface area contributed by atoms with Gasteiger partial charge in [-0.05, 0) is 24.5 Å². The minimum absolute atomic E-state index is 0.772. The van der Waals surface area contributed by atoms with Gasteiger partial charge in [0.1, 0.15) is 0 Å². The lowest BCUT2D eigenvalue weighted by Gasteiger charge is -1.58. The summed E-state index contributed by atoms with van der Waals surface area (Å²) < 4.78 is 0. The molecular weight excluding hydrogens is 84.1 g/mol. The zero-order valence-corrected chi connectivity index (χ0v) is 4.49. The molecule has 36 valence electrons. The van der Waals surface area contributed by atoms with Crippen molar-refractivity contribution in [2.75, 3.05) is 0 Å². The fourth-order valence-corrected chi connectivity index (χ4v) is 0.559. The second kappa shape index (κ2) is 1.42. The summed E-state index contributed by atoms with van der Waals surface area (Å²) in [6, 6.07) is 0. The van der Waals surface area contributed by atoms with E-state index in [1.54, 1.807) is 0 Å². The van der Waals surface area contributed by atoms with E-state index >= 15 is 0 Å². The summed E-state index contributed by atoms with van der Waals surface area (Å²) in [6.07, 6.45) is 1.21. The van der Waals surface area contributed by atoms with E-state index in [9.17, 15) is 0 Å². The van der Waals surface area contributed by atoms with E-state index in [2.05, 4.69) is 25.0 Å². The van der Waals surface area contributed by atoms with Gasteiger partial charge in [0, 0.05) is 0 Å². The Morgan fingerprint density at radius 2 is 2.43 bits per heavy atom. The summed E-state index contributed by atoms with van der Waals surface area (Å²) in [5.74, 6) is 0.772. The fourth-order valence-electron chi connectivity index (χ4n) is 0.559. The molecule has 0 heterocycles. The third kappa shape index (κ3) is 0.838. The molecule has 0 saturated heterocycles. The molecule has 0 heteroatoms. The SMILES string of the molecule is C=C=C=C1CC1C. The predicted molar refractivity (Wildman–Crippen MR) is 29.9 cm³/mol. The van der Waals surface area contributed by atoms with Gasteiger partial charge in [0.15, 0.2) is 0 Å². The maximum absolute atomic E-state index is 3.42. The molecule has 7 heavy (non-hydrogen) atoms. The second-order valence-electron chi connectivity index (χ2n) is 1.93. The van der Waals surface area contributed by atoms with Crippen molar-refractivity contribution in [2.45, 2.75) is 13.3 Å². The number of hydrogen-bond acceptors (Lipinski definition) is 0. The standard InChI is InChI=1S/C7H8/c1-3-4-7-5-6(7)2/h6H,1,5H2,2H3. The predicted octanol–water partition coefficient (Wildman–Crippen LogP) is 1.89. The Morgan fingerprint density at radius 3 is 2.57 bits per heavy atom. The van der Waals surface area contributed by atoms with Gasteiger partial charge in [-0.15, -0.1) is 0 Å². The van der Waals surface area contributed by atoms with Crippen LogP contribution >= 0.6 is 0 Å². The van der Waals surface area contributed by atoms with Gasteiger partial charge in [0.05, 0.1) is 0 Å². The van der Waals surface area contributed by atoms with Crippen molar-refractivity contribution >= 4 is 0 Å². The van der Waals surface area contributed by atoms with Gasteiger partial charge >= 0.3 is 0 Å². The molecule has 0 aromatic heterocycles. The first kappa shape index (κ1) is 4.46. The zero-order valence-electron chi connectivity index (χ0n) is 4.49. The van der Waals surface area contributed by atoms with Gasteiger partial charge < -0.3 is 0 Å². The molecule has 1 fully saturated rings. The van der Waals surface area contributed by atoms with Crippen LogP contribution in [-0.4, -0.2) is 0 Å². The van der Waals surface area contributed by atoms with Gasteiger partial charge in [0.25, 0.3) is 0 Å². The molecule has 0 aromatic rings. The Bertz CT molecular complexity index is 153. The first-order valence-corrected chi connectivity index (χ1v) is 2.48. The number of hydrogen-bond donors (Lipinski definition) is 0. The molecule has 0 radical (unpaired) electrons. The minimum atomic E-state index is 0.772. The lowest BCUT2D eigenvalue weighted by Crippen LogP contribution is -1.47. The van der Waals surface area contributed by atoms with Crippen LogP contribution in [0.25, 0.3) is 0 Å². The van der Waals surface area contributed by atoms with Crippen LogP contribution in [0, 0.1) is 5.92 Å². The van der Waals surface area contributed by atoms with Gasteiger partial charge in [-0.1, -0.05) is 18.4 Å². The topological polar surface area (TPSA) is 0 Å². The third-order valence-corrected chi connectivity index (χ3v) is 1.21. The van der Waals surface area contributed by atoms with Crippen LogP contribution in [-0.2, 0) is 0 Å². The van der Waals surface area contributed by atoms with Gasteiger partial charge in [-0.25, -0.2) is 0 Å². The van der Waals surface area contributed by atoms with Crippen LogP contribution in [0.15, 0.2) is 23.6 Å². The molecule has 1 rings (SSSR count). The van der Waals surface area contributed by atoms with Gasteiger partial charge in [-0.3, -0.25) is 0 Å². The van der Waals surface area contributed by atoms with Crippen LogP contribution in [0.1, 0.15) is 13.3 Å². The second-order valence-corrected chi connectivity index (χ2v) is 1.93. The first-order chi connectivity index (χ1) is 3.34. The maximum atomic E-state index is 3.42. The van der Waals surface area contributed by atoms with Crippen molar-refractivity contribution in [1.82, 2.24) is 0 Å². The highest BCUT2D eigenvalue weighted by molar-refractivity contribution is 5.20. The number of rotatable bonds is 0. The molecule has 1 aliphatic carbocycles. The van der Waals surface area contributed by atoms with Crippen molar-refractivity contribution < 1.29 is 0 Å². The van der Waals surface area contributed by atoms with Crippen LogP contribution in [0.4, 0.5) is 0 Å². The van der Waals surface area contributed by atoms with Crippen molar-refractivity contribution in [2.24, 2.45) is 5.92 Å². The summed E-state index contributed by atoms with van der Waals surface area (Å²) in [5, 5.41) is 0. The lowest BCUT2D eigenvalue weighted by molar-refractivity contribution is 1.02. The van der Waals surface area contributed by atoms with E-state index in [1.807, 2.05) is 0 Å². The molecule has 0 spiro atoms. The van der Waals surface area contributed by atoms with Gasteiger partial charge in [0.2, 0.25) is 0 Å². The highest BCUT2D eigenvalue weighted by Crippen LogP contribution is 2.35. The summed E-state index contributed by atoms with van der Waals surface area (Å²) in [6.45, 7) is 5.60. The molecule has 0 bridgehead atoms. The Kier molecular flexibility index (Phi) is 0.906. The maximum Gasteiger partial charge on any atom is -0.0105 e. The molecular formula is C7H8. The molecule has 1 unspecified atom stereocenters. The molecule has 1 aliphatic rings. The largest absolute Gasteiger partial charge is 0.0782 e. The molecule has 0 nitrogen and oxygen atoms in total. The monoisotopic (exact) mass is 92.1 g/mol. The smallest absolute Gasteiger partial charge is 0.0105 e. The van der Waals surface area contributed by atoms with E-state index in [0.717, 1.165) is 5.92 Å². The molecule has 1 saturated carbocycles. The summed E-state index contributed by atoms with van der Waals surface area (Å²) in [4.78, 5) is 0. The Labute approximate surface area is 43.9 Å². The molecule has 0 N–H and O–H groups in total. The quantitative estimate of drug-likeness (QED) is 0.400. The Morgan fingerprint density at radius 1 is 1.86 bits per heavy atom. The van der Waals surface area contributed by atoms with Crippen LogP contribution in [0.3, 0.4) is 0 Å². The van der Waals surface area contributed by atoms with E-state index in [4.69, 9.17) is 0 Å². The lowest BCUT2D eigenvalue weighted by atomic mass is 10.5. The Hall–Kier alpha value is -0.700. The van der Waals surface area contributed by atoms with Crippen molar-refractivity contribution in [1.29, 1.82) is 0 Å². The first-order valence-electron chi connectivity index (χ1n) is 2.48. The highest BCUT2D eigenvalue weighted by atomic mass is 14.3. The van der Waals surface area contributed by atoms with Crippen molar-refractivity contribution in [3.8, 4) is 0 Å². The summed E-state index contributed by atoms with van der Waals surface area (Å²) in [7, 11) is 0. The highest BCUT2D eigenvalue weighted by Gasteiger charge is 2.23. The molecule has 0 amide bonds. The van der Waals surface area contributed by atoms with E-state index < -0.39 is 0 Å².